The summed E-state index contributed by atoms with van der Waals surface area (Å²) >= 11 is 6.95. The Morgan fingerprint density at radius 1 is 1.19 bits per heavy atom. The van der Waals surface area contributed by atoms with Gasteiger partial charge in [0.2, 0.25) is 5.91 Å². The molecule has 0 saturated heterocycles. The maximum atomic E-state index is 12.5. The molecule has 160 valence electrons. The van der Waals surface area contributed by atoms with Gasteiger partial charge in [0.25, 0.3) is 5.69 Å². The number of carbonyl (C=O) groups excluding carboxylic acids is 2. The van der Waals surface area contributed by atoms with E-state index in [0.717, 1.165) is 17.4 Å². The van der Waals surface area contributed by atoms with E-state index >= 15 is 0 Å². The molecule has 1 amide bonds. The Kier molecular flexibility index (Phi) is 6.83. The van der Waals surface area contributed by atoms with Crippen LogP contribution in [0.5, 0.6) is 5.75 Å². The van der Waals surface area contributed by atoms with E-state index in [0.29, 0.717) is 21.5 Å². The Hall–Kier alpha value is -3.50. The van der Waals surface area contributed by atoms with Gasteiger partial charge in [-0.25, -0.2) is 9.78 Å². The van der Waals surface area contributed by atoms with Crippen molar-refractivity contribution in [1.29, 1.82) is 0 Å². The molecule has 3 rings (SSSR count). The number of carbonyl (C=O) groups is 2. The second kappa shape index (κ2) is 9.54. The zero-order chi connectivity index (χ0) is 22.5. The number of thiazole rings is 1. The topological polar surface area (TPSA) is 135 Å². The summed E-state index contributed by atoms with van der Waals surface area (Å²) in [5.74, 6) is -0.852. The third-order valence-electron chi connectivity index (χ3n) is 4.13. The first-order chi connectivity index (χ1) is 14.7. The Morgan fingerprint density at radius 3 is 2.55 bits per heavy atom. The molecular weight excluding hydrogens is 446 g/mol. The van der Waals surface area contributed by atoms with Gasteiger partial charge in [0.05, 0.1) is 16.2 Å². The number of nitro benzene ring substituents is 1. The predicted octanol–water partition coefficient (Wildman–Crippen LogP) is 4.05. The van der Waals surface area contributed by atoms with Crippen molar-refractivity contribution in [2.24, 2.45) is 5.73 Å². The molecule has 0 aliphatic carbocycles. The second-order valence-electron chi connectivity index (χ2n) is 6.31. The van der Waals surface area contributed by atoms with Gasteiger partial charge in [-0.1, -0.05) is 11.6 Å². The lowest BCUT2D eigenvalue weighted by Crippen LogP contribution is -2.12. The van der Waals surface area contributed by atoms with Gasteiger partial charge in [0, 0.05) is 16.7 Å². The number of hydrogen-bond donors (Lipinski definition) is 1. The van der Waals surface area contributed by atoms with Crippen molar-refractivity contribution >= 4 is 40.5 Å². The number of rotatable bonds is 8. The van der Waals surface area contributed by atoms with Crippen LogP contribution in [0.2, 0.25) is 5.02 Å². The van der Waals surface area contributed by atoms with Crippen LogP contribution in [0.3, 0.4) is 0 Å². The predicted molar refractivity (Wildman–Crippen MR) is 113 cm³/mol. The molecule has 0 radical (unpaired) electrons. The van der Waals surface area contributed by atoms with E-state index in [4.69, 9.17) is 26.8 Å². The molecule has 0 bridgehead atoms. The summed E-state index contributed by atoms with van der Waals surface area (Å²) in [5, 5.41) is 12.4. The summed E-state index contributed by atoms with van der Waals surface area (Å²) < 4.78 is 10.9. The molecule has 0 aliphatic heterocycles. The van der Waals surface area contributed by atoms with Gasteiger partial charge >= 0.3 is 5.97 Å². The number of primary amides is 1. The average molecular weight is 462 g/mol. The number of halogens is 1. The van der Waals surface area contributed by atoms with Crippen LogP contribution in [0.15, 0.2) is 42.5 Å². The molecule has 9 nitrogen and oxygen atoms in total. The fraction of sp³-hybridized carbons (Fsp3) is 0.150. The summed E-state index contributed by atoms with van der Waals surface area (Å²) in [4.78, 5) is 38.9. The maximum Gasteiger partial charge on any atom is 0.350 e. The van der Waals surface area contributed by atoms with Crippen molar-refractivity contribution < 1.29 is 24.0 Å². The van der Waals surface area contributed by atoms with Gasteiger partial charge in [-0.3, -0.25) is 14.9 Å². The van der Waals surface area contributed by atoms with E-state index in [-0.39, 0.29) is 34.9 Å². The number of nitro groups is 1. The first-order valence-corrected chi connectivity index (χ1v) is 10.0. The molecular formula is C20H16ClN3O6S. The highest BCUT2D eigenvalue weighted by Gasteiger charge is 2.21. The summed E-state index contributed by atoms with van der Waals surface area (Å²) in [6.07, 6.45) is 0. The second-order valence-corrected chi connectivity index (χ2v) is 7.83. The number of amides is 1. The van der Waals surface area contributed by atoms with E-state index in [1.165, 1.54) is 12.1 Å². The Morgan fingerprint density at radius 2 is 1.90 bits per heavy atom. The molecule has 0 atom stereocenters. The van der Waals surface area contributed by atoms with Crippen LogP contribution in [0.1, 0.15) is 36.3 Å². The molecule has 2 N–H and O–H groups in total. The highest BCUT2D eigenvalue weighted by atomic mass is 35.5. The van der Waals surface area contributed by atoms with Gasteiger partial charge < -0.3 is 15.2 Å². The lowest BCUT2D eigenvalue weighted by Gasteiger charge is -2.06. The van der Waals surface area contributed by atoms with E-state index in [1.54, 1.807) is 31.2 Å². The Balaban J connectivity index is 1.66. The van der Waals surface area contributed by atoms with E-state index < -0.39 is 16.8 Å². The molecule has 2 aromatic carbocycles. The molecule has 0 fully saturated rings. The molecule has 0 unspecified atom stereocenters. The fourth-order valence-electron chi connectivity index (χ4n) is 2.60. The lowest BCUT2D eigenvalue weighted by molar-refractivity contribution is -0.385. The van der Waals surface area contributed by atoms with Crippen LogP contribution in [-0.2, 0) is 18.0 Å². The lowest BCUT2D eigenvalue weighted by atomic mass is 10.1. The number of ether oxygens (including phenoxy) is 2. The van der Waals surface area contributed by atoms with Crippen molar-refractivity contribution in [2.45, 2.75) is 20.1 Å². The van der Waals surface area contributed by atoms with Crippen molar-refractivity contribution in [3.8, 4) is 5.75 Å². The number of hydrogen-bond acceptors (Lipinski definition) is 8. The van der Waals surface area contributed by atoms with E-state index in [9.17, 15) is 19.7 Å². The summed E-state index contributed by atoms with van der Waals surface area (Å²) in [6, 6.07) is 10.5. The Bertz CT molecular complexity index is 1150. The van der Waals surface area contributed by atoms with Crippen LogP contribution in [0.4, 0.5) is 5.69 Å². The maximum absolute atomic E-state index is 12.5. The minimum atomic E-state index is -0.791. The van der Waals surface area contributed by atoms with Crippen LogP contribution in [-0.4, -0.2) is 21.8 Å². The normalized spacial score (nSPS) is 10.5. The third-order valence-corrected chi connectivity index (χ3v) is 5.49. The molecule has 1 aromatic heterocycles. The first-order valence-electron chi connectivity index (χ1n) is 8.83. The third kappa shape index (κ3) is 5.56. The molecule has 0 spiro atoms. The van der Waals surface area contributed by atoms with Crippen LogP contribution >= 0.6 is 22.9 Å². The molecule has 3 aromatic rings. The molecule has 0 aliphatic rings. The van der Waals surface area contributed by atoms with E-state index in [1.807, 2.05) is 0 Å². The summed E-state index contributed by atoms with van der Waals surface area (Å²) in [7, 11) is 0. The first kappa shape index (κ1) is 22.2. The van der Waals surface area contributed by atoms with Gasteiger partial charge in [0.1, 0.15) is 28.8 Å². The van der Waals surface area contributed by atoms with Gasteiger partial charge in [-0.2, -0.15) is 0 Å². The minimum absolute atomic E-state index is 0.00888. The quantitative estimate of drug-likeness (QED) is 0.303. The Labute approximate surface area is 185 Å². The van der Waals surface area contributed by atoms with Crippen LogP contribution in [0, 0.1) is 17.0 Å². The van der Waals surface area contributed by atoms with Crippen LogP contribution < -0.4 is 10.5 Å². The van der Waals surface area contributed by atoms with Gasteiger partial charge in [0.15, 0.2) is 0 Å². The molecule has 11 heteroatoms. The highest BCUT2D eigenvalue weighted by Crippen LogP contribution is 2.25. The van der Waals surface area contributed by atoms with E-state index in [2.05, 4.69) is 4.98 Å². The number of aryl methyl sites for hydroxylation is 1. The van der Waals surface area contributed by atoms with Crippen molar-refractivity contribution in [3.63, 3.8) is 0 Å². The SMILES string of the molecule is Cc1nc(COc2ccc(Cl)cc2)sc1C(=O)OCc1ccc(C(N)=O)cc1[N+](=O)[O-]. The van der Waals surface area contributed by atoms with Crippen molar-refractivity contribution in [1.82, 2.24) is 4.98 Å². The number of nitrogens with two attached hydrogens (primary N) is 1. The standard InChI is InChI=1S/C20H16ClN3O6S/c1-11-18(31-17(23-11)10-29-15-6-4-14(21)5-7-15)20(26)30-9-13-3-2-12(19(22)25)8-16(13)24(27)28/h2-8H,9-10H2,1H3,(H2,22,25). The number of benzene rings is 2. The van der Waals surface area contributed by atoms with Gasteiger partial charge in [-0.15, -0.1) is 11.3 Å². The number of esters is 1. The zero-order valence-electron chi connectivity index (χ0n) is 16.2. The zero-order valence-corrected chi connectivity index (χ0v) is 17.7. The van der Waals surface area contributed by atoms with Gasteiger partial charge in [-0.05, 0) is 43.3 Å². The average Bonchev–Trinajstić information content (AvgIpc) is 3.12. The highest BCUT2D eigenvalue weighted by molar-refractivity contribution is 7.13. The number of nitrogens with zero attached hydrogens (tertiary/aromatic N) is 2. The molecule has 31 heavy (non-hydrogen) atoms. The molecule has 1 heterocycles. The van der Waals surface area contributed by atoms with Crippen molar-refractivity contribution in [2.75, 3.05) is 0 Å². The monoisotopic (exact) mass is 461 g/mol. The van der Waals surface area contributed by atoms with Crippen molar-refractivity contribution in [3.05, 3.63) is 84.3 Å². The van der Waals surface area contributed by atoms with Crippen LogP contribution in [0.25, 0.3) is 0 Å². The molecule has 0 saturated carbocycles. The summed E-state index contributed by atoms with van der Waals surface area (Å²) in [6.45, 7) is 1.46. The smallest absolute Gasteiger partial charge is 0.350 e. The number of aromatic nitrogens is 1. The summed E-state index contributed by atoms with van der Waals surface area (Å²) in [5.41, 5.74) is 5.38. The minimum Gasteiger partial charge on any atom is -0.486 e. The fourth-order valence-corrected chi connectivity index (χ4v) is 3.59. The largest absolute Gasteiger partial charge is 0.486 e.